The normalized spacial score (nSPS) is 11.2. The molecule has 0 atom stereocenters. The smallest absolute Gasteiger partial charge is 0.276 e. The molecule has 7 nitrogen and oxygen atoms in total. The van der Waals surface area contributed by atoms with Gasteiger partial charge in [0.05, 0.1) is 12.2 Å². The highest BCUT2D eigenvalue weighted by Gasteiger charge is 2.17. The molecule has 0 spiro atoms. The molecule has 156 valence electrons. The van der Waals surface area contributed by atoms with Gasteiger partial charge in [-0.15, -0.1) is 0 Å². The van der Waals surface area contributed by atoms with Crippen LogP contribution in [0.2, 0.25) is 0 Å². The molecule has 1 aromatic heterocycles. The lowest BCUT2D eigenvalue weighted by atomic mass is 9.87. The minimum Gasteiger partial charge on any atom is -0.506 e. The Hall–Kier alpha value is -3.61. The Bertz CT molecular complexity index is 1090. The van der Waals surface area contributed by atoms with Gasteiger partial charge < -0.3 is 15.2 Å². The Labute approximate surface area is 174 Å². The summed E-state index contributed by atoms with van der Waals surface area (Å²) in [6.45, 7) is 6.55. The Kier molecular flexibility index (Phi) is 6.20. The topological polar surface area (TPSA) is 93.5 Å². The second-order valence-electron chi connectivity index (χ2n) is 7.88. The Morgan fingerprint density at radius 3 is 2.53 bits per heavy atom. The van der Waals surface area contributed by atoms with E-state index in [4.69, 9.17) is 4.74 Å². The molecular weight excluding hydrogens is 382 g/mol. The summed E-state index contributed by atoms with van der Waals surface area (Å²) in [6, 6.07) is 17.0. The van der Waals surface area contributed by atoms with Gasteiger partial charge in [0.1, 0.15) is 23.8 Å². The molecule has 0 radical (unpaired) electrons. The monoisotopic (exact) mass is 407 g/mol. The van der Waals surface area contributed by atoms with Crippen molar-refractivity contribution in [2.45, 2.75) is 32.7 Å². The van der Waals surface area contributed by atoms with Crippen LogP contribution in [0.1, 0.15) is 36.8 Å². The van der Waals surface area contributed by atoms with Crippen LogP contribution in [0.25, 0.3) is 0 Å². The first-order chi connectivity index (χ1) is 14.2. The van der Waals surface area contributed by atoms with E-state index in [0.717, 1.165) is 5.56 Å². The van der Waals surface area contributed by atoms with Crippen LogP contribution < -0.4 is 15.6 Å². The summed E-state index contributed by atoms with van der Waals surface area (Å²) in [7, 11) is 0. The van der Waals surface area contributed by atoms with Gasteiger partial charge in [-0.2, -0.15) is 5.10 Å². The maximum absolute atomic E-state index is 12.7. The van der Waals surface area contributed by atoms with Crippen molar-refractivity contribution in [2.24, 2.45) is 0 Å². The quantitative estimate of drug-likeness (QED) is 0.609. The largest absolute Gasteiger partial charge is 0.506 e. The molecule has 1 heterocycles. The minimum atomic E-state index is -0.519. The van der Waals surface area contributed by atoms with Crippen molar-refractivity contribution in [1.29, 1.82) is 0 Å². The molecule has 0 saturated carbocycles. The van der Waals surface area contributed by atoms with Crippen LogP contribution in [0.15, 0.2) is 65.5 Å². The van der Waals surface area contributed by atoms with Crippen molar-refractivity contribution >= 4 is 11.6 Å². The lowest BCUT2D eigenvalue weighted by molar-refractivity contribution is 0.101. The maximum Gasteiger partial charge on any atom is 0.276 e. The molecule has 0 bridgehead atoms. The molecule has 0 fully saturated rings. The molecule has 3 rings (SSSR count). The second-order valence-corrected chi connectivity index (χ2v) is 7.88. The van der Waals surface area contributed by atoms with Crippen LogP contribution >= 0.6 is 0 Å². The summed E-state index contributed by atoms with van der Waals surface area (Å²) >= 11 is 0. The van der Waals surface area contributed by atoms with Crippen LogP contribution in [-0.4, -0.2) is 27.4 Å². The summed E-state index contributed by atoms with van der Waals surface area (Å²) in [5.41, 5.74) is 0.846. The SMILES string of the molecule is CC(C)(C)c1ccc(O)c(NC(=O)c2ccc(=O)n(CCOc3ccccc3)n2)c1. The van der Waals surface area contributed by atoms with Gasteiger partial charge in [-0.1, -0.05) is 45.0 Å². The van der Waals surface area contributed by atoms with Crippen LogP contribution in [0.5, 0.6) is 11.5 Å². The molecule has 2 N–H and O–H groups in total. The highest BCUT2D eigenvalue weighted by molar-refractivity contribution is 6.03. The van der Waals surface area contributed by atoms with Crippen LogP contribution in [0, 0.1) is 0 Å². The minimum absolute atomic E-state index is 0.0408. The summed E-state index contributed by atoms with van der Waals surface area (Å²) in [5.74, 6) is 0.128. The third-order valence-corrected chi connectivity index (χ3v) is 4.53. The molecule has 0 aliphatic heterocycles. The van der Waals surface area contributed by atoms with E-state index in [1.54, 1.807) is 12.1 Å². The molecule has 7 heteroatoms. The van der Waals surface area contributed by atoms with Crippen molar-refractivity contribution in [1.82, 2.24) is 9.78 Å². The van der Waals surface area contributed by atoms with Crippen LogP contribution in [0.3, 0.4) is 0 Å². The number of carbonyl (C=O) groups excluding carboxylic acids is 1. The van der Waals surface area contributed by atoms with Gasteiger partial charge in [0.15, 0.2) is 0 Å². The average molecular weight is 407 g/mol. The number of hydrogen-bond acceptors (Lipinski definition) is 5. The Morgan fingerprint density at radius 1 is 1.10 bits per heavy atom. The Balaban J connectivity index is 1.72. The van der Waals surface area contributed by atoms with Gasteiger partial charge in [0.25, 0.3) is 11.5 Å². The second kappa shape index (κ2) is 8.82. The summed E-state index contributed by atoms with van der Waals surface area (Å²) in [5, 5.41) is 16.9. The Morgan fingerprint density at radius 2 is 1.83 bits per heavy atom. The van der Waals surface area contributed by atoms with Gasteiger partial charge in [0.2, 0.25) is 0 Å². The molecule has 0 aliphatic rings. The fourth-order valence-electron chi connectivity index (χ4n) is 2.79. The lowest BCUT2D eigenvalue weighted by Crippen LogP contribution is -2.28. The number of aromatic nitrogens is 2. The predicted molar refractivity (Wildman–Crippen MR) is 115 cm³/mol. The zero-order chi connectivity index (χ0) is 21.7. The zero-order valence-corrected chi connectivity index (χ0v) is 17.3. The van der Waals surface area contributed by atoms with E-state index < -0.39 is 5.91 Å². The van der Waals surface area contributed by atoms with Crippen molar-refractivity contribution < 1.29 is 14.6 Å². The van der Waals surface area contributed by atoms with E-state index in [1.807, 2.05) is 57.2 Å². The van der Waals surface area contributed by atoms with E-state index in [1.165, 1.54) is 16.8 Å². The average Bonchev–Trinajstić information content (AvgIpc) is 2.71. The molecule has 3 aromatic rings. The van der Waals surface area contributed by atoms with E-state index in [2.05, 4.69) is 10.4 Å². The third-order valence-electron chi connectivity index (χ3n) is 4.53. The van der Waals surface area contributed by atoms with E-state index in [0.29, 0.717) is 11.4 Å². The number of aromatic hydroxyl groups is 1. The number of nitrogens with one attached hydrogen (secondary N) is 1. The van der Waals surface area contributed by atoms with Gasteiger partial charge in [-0.3, -0.25) is 9.59 Å². The van der Waals surface area contributed by atoms with Gasteiger partial charge >= 0.3 is 0 Å². The molecule has 2 aromatic carbocycles. The third kappa shape index (κ3) is 5.26. The van der Waals surface area contributed by atoms with E-state index in [9.17, 15) is 14.7 Å². The number of nitrogens with zero attached hydrogens (tertiary/aromatic N) is 2. The van der Waals surface area contributed by atoms with Crippen molar-refractivity contribution in [2.75, 3.05) is 11.9 Å². The summed E-state index contributed by atoms with van der Waals surface area (Å²) in [6.07, 6.45) is 0. The van der Waals surface area contributed by atoms with Gasteiger partial charge in [0, 0.05) is 6.07 Å². The molecular formula is C23H25N3O4. The first-order valence-corrected chi connectivity index (χ1v) is 9.65. The first-order valence-electron chi connectivity index (χ1n) is 9.65. The number of carbonyl (C=O) groups is 1. The van der Waals surface area contributed by atoms with E-state index in [-0.39, 0.29) is 35.6 Å². The van der Waals surface area contributed by atoms with Gasteiger partial charge in [-0.05, 0) is 41.3 Å². The van der Waals surface area contributed by atoms with E-state index >= 15 is 0 Å². The van der Waals surface area contributed by atoms with Crippen LogP contribution in [-0.2, 0) is 12.0 Å². The highest BCUT2D eigenvalue weighted by atomic mass is 16.5. The number of phenolic OH excluding ortho intramolecular Hbond substituents is 1. The first kappa shape index (κ1) is 21.1. The lowest BCUT2D eigenvalue weighted by Gasteiger charge is -2.20. The summed E-state index contributed by atoms with van der Waals surface area (Å²) < 4.78 is 6.77. The number of amides is 1. The number of benzene rings is 2. The number of para-hydroxylation sites is 1. The number of ether oxygens (including phenoxy) is 1. The molecule has 30 heavy (non-hydrogen) atoms. The van der Waals surface area contributed by atoms with Gasteiger partial charge in [-0.25, -0.2) is 4.68 Å². The molecule has 0 aliphatic carbocycles. The number of hydrogen-bond donors (Lipinski definition) is 2. The maximum atomic E-state index is 12.7. The molecule has 0 unspecified atom stereocenters. The number of rotatable bonds is 6. The highest BCUT2D eigenvalue weighted by Crippen LogP contribution is 2.30. The predicted octanol–water partition coefficient (Wildman–Crippen LogP) is 3.58. The van der Waals surface area contributed by atoms with Crippen LogP contribution in [0.4, 0.5) is 5.69 Å². The zero-order valence-electron chi connectivity index (χ0n) is 17.3. The fraction of sp³-hybridized carbons (Fsp3) is 0.261. The summed E-state index contributed by atoms with van der Waals surface area (Å²) in [4.78, 5) is 24.7. The molecule has 1 amide bonds. The fourth-order valence-corrected chi connectivity index (χ4v) is 2.79. The standard InChI is InChI=1S/C23H25N3O4/c1-23(2,3)16-9-11-20(27)19(15-16)24-22(29)18-10-12-21(28)26(25-18)13-14-30-17-7-5-4-6-8-17/h4-12,15,27H,13-14H2,1-3H3,(H,24,29). The van der Waals surface area contributed by atoms with Crippen molar-refractivity contribution in [3.8, 4) is 11.5 Å². The molecule has 0 saturated heterocycles. The van der Waals surface area contributed by atoms with Crippen molar-refractivity contribution in [3.63, 3.8) is 0 Å². The van der Waals surface area contributed by atoms with Crippen molar-refractivity contribution in [3.05, 3.63) is 82.3 Å². The number of anilines is 1. The number of phenols is 1.